The first-order valence-corrected chi connectivity index (χ1v) is 6.51. The van der Waals surface area contributed by atoms with Crippen molar-refractivity contribution in [3.63, 3.8) is 0 Å². The maximum Gasteiger partial charge on any atom is 0.186 e. The van der Waals surface area contributed by atoms with Crippen LogP contribution in [-0.4, -0.2) is 25.7 Å². The second-order valence-corrected chi connectivity index (χ2v) is 5.95. The normalized spacial score (nSPS) is 17.0. The van der Waals surface area contributed by atoms with Gasteiger partial charge in [-0.1, -0.05) is 0 Å². The molecule has 0 bridgehead atoms. The topological polar surface area (TPSA) is 56.3 Å². The SMILES string of the molecule is CS(=O)(=O)c1snc2c1COCC2. The Morgan fingerprint density at radius 1 is 1.54 bits per heavy atom. The summed E-state index contributed by atoms with van der Waals surface area (Å²) in [5.74, 6) is 0. The Hall–Kier alpha value is -0.460. The number of fused-ring (bicyclic) bond motifs is 1. The van der Waals surface area contributed by atoms with Gasteiger partial charge >= 0.3 is 0 Å². The minimum Gasteiger partial charge on any atom is -0.376 e. The summed E-state index contributed by atoms with van der Waals surface area (Å²) >= 11 is 1.05. The third kappa shape index (κ3) is 1.61. The fraction of sp³-hybridized carbons (Fsp3) is 0.571. The van der Waals surface area contributed by atoms with Gasteiger partial charge in [0.25, 0.3) is 0 Å². The van der Waals surface area contributed by atoms with Crippen molar-refractivity contribution in [2.24, 2.45) is 0 Å². The molecule has 0 saturated heterocycles. The Bertz CT molecular complexity index is 421. The molecule has 2 heterocycles. The van der Waals surface area contributed by atoms with Crippen LogP contribution in [0.25, 0.3) is 0 Å². The molecule has 0 atom stereocenters. The molecule has 0 spiro atoms. The van der Waals surface area contributed by atoms with Crippen LogP contribution in [0.1, 0.15) is 11.3 Å². The lowest BCUT2D eigenvalue weighted by molar-refractivity contribution is 0.108. The Morgan fingerprint density at radius 2 is 2.31 bits per heavy atom. The molecule has 0 fully saturated rings. The molecular formula is C7H9NO3S2. The smallest absolute Gasteiger partial charge is 0.186 e. The monoisotopic (exact) mass is 219 g/mol. The van der Waals surface area contributed by atoms with Gasteiger partial charge in [0.15, 0.2) is 9.84 Å². The molecule has 0 unspecified atom stereocenters. The van der Waals surface area contributed by atoms with Crippen molar-refractivity contribution in [3.8, 4) is 0 Å². The Balaban J connectivity index is 2.55. The average Bonchev–Trinajstić information content (AvgIpc) is 2.45. The van der Waals surface area contributed by atoms with Crippen LogP contribution < -0.4 is 0 Å². The van der Waals surface area contributed by atoms with Gasteiger partial charge in [0.05, 0.1) is 18.9 Å². The molecule has 1 aromatic rings. The third-order valence-electron chi connectivity index (χ3n) is 1.90. The minimum absolute atomic E-state index is 0.363. The largest absolute Gasteiger partial charge is 0.376 e. The van der Waals surface area contributed by atoms with Gasteiger partial charge in [0, 0.05) is 18.2 Å². The summed E-state index contributed by atoms with van der Waals surface area (Å²) in [6.07, 6.45) is 1.93. The first-order valence-electron chi connectivity index (χ1n) is 3.84. The average molecular weight is 219 g/mol. The molecule has 0 amide bonds. The molecule has 4 nitrogen and oxygen atoms in total. The van der Waals surface area contributed by atoms with E-state index in [2.05, 4.69) is 4.37 Å². The number of ether oxygens (including phenoxy) is 1. The van der Waals surface area contributed by atoms with Crippen LogP contribution >= 0.6 is 11.5 Å². The van der Waals surface area contributed by atoms with Crippen molar-refractivity contribution in [3.05, 3.63) is 11.3 Å². The van der Waals surface area contributed by atoms with Gasteiger partial charge in [-0.2, -0.15) is 4.37 Å². The molecule has 1 aliphatic heterocycles. The maximum absolute atomic E-state index is 11.3. The van der Waals surface area contributed by atoms with Crippen molar-refractivity contribution in [1.82, 2.24) is 4.37 Å². The molecule has 13 heavy (non-hydrogen) atoms. The summed E-state index contributed by atoms with van der Waals surface area (Å²) < 4.78 is 32.2. The van der Waals surface area contributed by atoms with Crippen LogP contribution in [0.4, 0.5) is 0 Å². The van der Waals surface area contributed by atoms with Crippen molar-refractivity contribution in [1.29, 1.82) is 0 Å². The van der Waals surface area contributed by atoms with Crippen molar-refractivity contribution < 1.29 is 13.2 Å². The van der Waals surface area contributed by atoms with E-state index in [1.54, 1.807) is 0 Å². The zero-order chi connectivity index (χ0) is 9.47. The van der Waals surface area contributed by atoms with Crippen molar-refractivity contribution >= 4 is 21.4 Å². The molecule has 1 aliphatic rings. The summed E-state index contributed by atoms with van der Waals surface area (Å²) in [5, 5.41) is 0. The van der Waals surface area contributed by atoms with Gasteiger partial charge in [-0.3, -0.25) is 0 Å². The van der Waals surface area contributed by atoms with Gasteiger partial charge in [-0.25, -0.2) is 8.42 Å². The molecule has 0 N–H and O–H groups in total. The lowest BCUT2D eigenvalue weighted by atomic mass is 10.2. The molecule has 0 radical (unpaired) electrons. The zero-order valence-corrected chi connectivity index (χ0v) is 8.74. The lowest BCUT2D eigenvalue weighted by Gasteiger charge is -2.11. The number of rotatable bonds is 1. The van der Waals surface area contributed by atoms with E-state index >= 15 is 0 Å². The van der Waals surface area contributed by atoms with Gasteiger partial charge < -0.3 is 4.74 Å². The van der Waals surface area contributed by atoms with E-state index in [1.165, 1.54) is 6.26 Å². The number of sulfone groups is 1. The second-order valence-electron chi connectivity index (χ2n) is 2.97. The highest BCUT2D eigenvalue weighted by Gasteiger charge is 2.23. The first-order chi connectivity index (χ1) is 6.09. The summed E-state index contributed by atoms with van der Waals surface area (Å²) in [7, 11) is -3.12. The van der Waals surface area contributed by atoms with Crippen LogP contribution in [0.15, 0.2) is 4.21 Å². The van der Waals surface area contributed by atoms with Crippen molar-refractivity contribution in [2.45, 2.75) is 17.2 Å². The molecule has 2 rings (SSSR count). The summed E-state index contributed by atoms with van der Waals surface area (Å²) in [4.78, 5) is 0. The van der Waals surface area contributed by atoms with E-state index in [-0.39, 0.29) is 0 Å². The Labute approximate surface area is 80.6 Å². The van der Waals surface area contributed by atoms with E-state index in [1.807, 2.05) is 0 Å². The highest BCUT2D eigenvalue weighted by molar-refractivity contribution is 7.92. The summed E-state index contributed by atoms with van der Waals surface area (Å²) in [6, 6.07) is 0. The maximum atomic E-state index is 11.3. The van der Waals surface area contributed by atoms with E-state index in [0.29, 0.717) is 17.4 Å². The van der Waals surface area contributed by atoms with Crippen LogP contribution in [0.5, 0.6) is 0 Å². The molecule has 0 aromatic carbocycles. The highest BCUT2D eigenvalue weighted by atomic mass is 32.2. The Kier molecular flexibility index (Phi) is 2.13. The van der Waals surface area contributed by atoms with Crippen LogP contribution in [0.2, 0.25) is 0 Å². The van der Waals surface area contributed by atoms with Gasteiger partial charge in [0.2, 0.25) is 0 Å². The second kappa shape index (κ2) is 3.04. The third-order valence-corrected chi connectivity index (χ3v) is 4.68. The standard InChI is InChI=1S/C7H9NO3S2/c1-13(9,10)7-5-4-11-3-2-6(5)8-12-7/h2-4H2,1H3. The molecule has 1 aromatic heterocycles. The number of aromatic nitrogens is 1. The minimum atomic E-state index is -3.12. The molecular weight excluding hydrogens is 210 g/mol. The summed E-state index contributed by atoms with van der Waals surface area (Å²) in [6.45, 7) is 1.02. The number of hydrogen-bond acceptors (Lipinski definition) is 5. The van der Waals surface area contributed by atoms with Crippen LogP contribution in [0, 0.1) is 0 Å². The molecule has 0 saturated carbocycles. The predicted octanol–water partition coefficient (Wildman–Crippen LogP) is 0.619. The quantitative estimate of drug-likeness (QED) is 0.694. The molecule has 0 aliphatic carbocycles. The van der Waals surface area contributed by atoms with E-state index in [9.17, 15) is 8.42 Å². The molecule has 72 valence electrons. The van der Waals surface area contributed by atoms with Gasteiger partial charge in [0.1, 0.15) is 4.21 Å². The Morgan fingerprint density at radius 3 is 3.00 bits per heavy atom. The van der Waals surface area contributed by atoms with E-state index < -0.39 is 9.84 Å². The fourth-order valence-corrected chi connectivity index (χ4v) is 3.26. The van der Waals surface area contributed by atoms with Gasteiger partial charge in [-0.05, 0) is 11.5 Å². The summed E-state index contributed by atoms with van der Waals surface area (Å²) in [5.41, 5.74) is 1.65. The van der Waals surface area contributed by atoms with E-state index in [0.717, 1.165) is 29.2 Å². The van der Waals surface area contributed by atoms with Crippen molar-refractivity contribution in [2.75, 3.05) is 12.9 Å². The zero-order valence-electron chi connectivity index (χ0n) is 7.11. The predicted molar refractivity (Wildman–Crippen MR) is 48.6 cm³/mol. The van der Waals surface area contributed by atoms with Crippen LogP contribution in [-0.2, 0) is 27.6 Å². The number of nitrogens with zero attached hydrogens (tertiary/aromatic N) is 1. The van der Waals surface area contributed by atoms with E-state index in [4.69, 9.17) is 4.74 Å². The first kappa shape index (κ1) is 9.11. The highest BCUT2D eigenvalue weighted by Crippen LogP contribution is 2.27. The van der Waals surface area contributed by atoms with Gasteiger partial charge in [-0.15, -0.1) is 0 Å². The number of hydrogen-bond donors (Lipinski definition) is 0. The lowest BCUT2D eigenvalue weighted by Crippen LogP contribution is -2.11. The van der Waals surface area contributed by atoms with Crippen LogP contribution in [0.3, 0.4) is 0 Å². The fourth-order valence-electron chi connectivity index (χ4n) is 1.30. The molecule has 6 heteroatoms.